The van der Waals surface area contributed by atoms with Gasteiger partial charge in [-0.05, 0) is 17.7 Å². The second-order valence-corrected chi connectivity index (χ2v) is 4.70. The van der Waals surface area contributed by atoms with Crippen molar-refractivity contribution >= 4 is 5.97 Å². The standard InChI is InChI=1S/C17H13N3O2/c21-17(22)14-8-10-19-16(20-14)11-15-13(7-4-9-18-15)12-5-2-1-3-6-12/h1-10H,11H2,(H,21,22). The largest absolute Gasteiger partial charge is 0.477 e. The topological polar surface area (TPSA) is 76.0 Å². The van der Waals surface area contributed by atoms with Crippen molar-refractivity contribution in [2.75, 3.05) is 0 Å². The lowest BCUT2D eigenvalue weighted by Crippen LogP contribution is -2.06. The molecule has 0 aliphatic heterocycles. The lowest BCUT2D eigenvalue weighted by atomic mass is 10.0. The molecular formula is C17H13N3O2. The van der Waals surface area contributed by atoms with Crippen molar-refractivity contribution in [2.24, 2.45) is 0 Å². The quantitative estimate of drug-likeness (QED) is 0.800. The first-order valence-electron chi connectivity index (χ1n) is 6.78. The van der Waals surface area contributed by atoms with Crippen LogP contribution in [0.1, 0.15) is 22.0 Å². The van der Waals surface area contributed by atoms with E-state index in [1.54, 1.807) is 6.20 Å². The maximum Gasteiger partial charge on any atom is 0.354 e. The number of carboxylic acid groups (broad SMARTS) is 1. The van der Waals surface area contributed by atoms with Gasteiger partial charge in [-0.3, -0.25) is 4.98 Å². The Labute approximate surface area is 127 Å². The zero-order valence-corrected chi connectivity index (χ0v) is 11.7. The van der Waals surface area contributed by atoms with Crippen LogP contribution in [-0.2, 0) is 6.42 Å². The van der Waals surface area contributed by atoms with Gasteiger partial charge in [0, 0.05) is 18.0 Å². The van der Waals surface area contributed by atoms with Crippen molar-refractivity contribution in [1.29, 1.82) is 0 Å². The molecule has 2 aromatic heterocycles. The first-order chi connectivity index (χ1) is 10.7. The fourth-order valence-electron chi connectivity index (χ4n) is 2.21. The van der Waals surface area contributed by atoms with Crippen LogP contribution in [0.4, 0.5) is 0 Å². The van der Waals surface area contributed by atoms with Crippen molar-refractivity contribution in [2.45, 2.75) is 6.42 Å². The summed E-state index contributed by atoms with van der Waals surface area (Å²) in [7, 11) is 0. The number of hydrogen-bond donors (Lipinski definition) is 1. The van der Waals surface area contributed by atoms with Crippen LogP contribution in [-0.4, -0.2) is 26.0 Å². The Balaban J connectivity index is 1.97. The van der Waals surface area contributed by atoms with Gasteiger partial charge in [0.25, 0.3) is 0 Å². The normalized spacial score (nSPS) is 10.4. The molecule has 1 N–H and O–H groups in total. The first-order valence-corrected chi connectivity index (χ1v) is 6.78. The molecule has 0 radical (unpaired) electrons. The van der Waals surface area contributed by atoms with Crippen molar-refractivity contribution in [3.05, 3.63) is 78.1 Å². The van der Waals surface area contributed by atoms with Gasteiger partial charge in [-0.1, -0.05) is 36.4 Å². The Morgan fingerprint density at radius 3 is 2.55 bits per heavy atom. The Morgan fingerprint density at radius 2 is 1.77 bits per heavy atom. The molecule has 0 saturated carbocycles. The fraction of sp³-hybridized carbons (Fsp3) is 0.0588. The summed E-state index contributed by atoms with van der Waals surface area (Å²) in [4.78, 5) is 23.6. The Morgan fingerprint density at radius 1 is 0.955 bits per heavy atom. The predicted molar refractivity (Wildman–Crippen MR) is 81.5 cm³/mol. The van der Waals surface area contributed by atoms with Crippen molar-refractivity contribution in [3.8, 4) is 11.1 Å². The van der Waals surface area contributed by atoms with E-state index in [1.165, 1.54) is 12.3 Å². The molecule has 22 heavy (non-hydrogen) atoms. The molecule has 5 heteroatoms. The van der Waals surface area contributed by atoms with Gasteiger partial charge < -0.3 is 5.11 Å². The highest BCUT2D eigenvalue weighted by Gasteiger charge is 2.11. The van der Waals surface area contributed by atoms with Crippen LogP contribution in [0.25, 0.3) is 11.1 Å². The van der Waals surface area contributed by atoms with E-state index in [4.69, 9.17) is 5.11 Å². The van der Waals surface area contributed by atoms with Gasteiger partial charge in [0.1, 0.15) is 5.82 Å². The summed E-state index contributed by atoms with van der Waals surface area (Å²) < 4.78 is 0. The molecule has 3 rings (SSSR count). The van der Waals surface area contributed by atoms with Gasteiger partial charge in [-0.25, -0.2) is 14.8 Å². The van der Waals surface area contributed by atoms with E-state index in [0.717, 1.165) is 16.8 Å². The van der Waals surface area contributed by atoms with E-state index in [9.17, 15) is 4.79 Å². The van der Waals surface area contributed by atoms with Gasteiger partial charge in [-0.2, -0.15) is 0 Å². The molecule has 0 aliphatic rings. The zero-order chi connectivity index (χ0) is 15.4. The molecule has 0 unspecified atom stereocenters. The number of carbonyl (C=O) groups is 1. The van der Waals surface area contributed by atoms with E-state index in [1.807, 2.05) is 42.5 Å². The molecule has 5 nitrogen and oxygen atoms in total. The Hall–Kier alpha value is -3.08. The van der Waals surface area contributed by atoms with Gasteiger partial charge in [-0.15, -0.1) is 0 Å². The number of nitrogens with zero attached hydrogens (tertiary/aromatic N) is 3. The highest BCUT2D eigenvalue weighted by atomic mass is 16.4. The summed E-state index contributed by atoms with van der Waals surface area (Å²) >= 11 is 0. The van der Waals surface area contributed by atoms with E-state index < -0.39 is 5.97 Å². The third-order valence-electron chi connectivity index (χ3n) is 3.23. The average molecular weight is 291 g/mol. The van der Waals surface area contributed by atoms with E-state index in [2.05, 4.69) is 15.0 Å². The van der Waals surface area contributed by atoms with Gasteiger partial charge in [0.15, 0.2) is 5.69 Å². The summed E-state index contributed by atoms with van der Waals surface area (Å²) in [5, 5.41) is 9.00. The maximum absolute atomic E-state index is 11.0. The summed E-state index contributed by atoms with van der Waals surface area (Å²) in [5.74, 6) is -0.622. The molecule has 0 aliphatic carbocycles. The molecule has 3 aromatic rings. The van der Waals surface area contributed by atoms with Crippen molar-refractivity contribution < 1.29 is 9.90 Å². The number of aromatic carboxylic acids is 1. The van der Waals surface area contributed by atoms with Gasteiger partial charge in [0.2, 0.25) is 0 Å². The number of benzene rings is 1. The summed E-state index contributed by atoms with van der Waals surface area (Å²) in [6, 6.07) is 15.1. The SMILES string of the molecule is O=C(O)c1ccnc(Cc2ncccc2-c2ccccc2)n1. The Bertz CT molecular complexity index is 804. The van der Waals surface area contributed by atoms with E-state index in [0.29, 0.717) is 12.2 Å². The molecule has 0 atom stereocenters. The smallest absolute Gasteiger partial charge is 0.354 e. The molecule has 2 heterocycles. The number of pyridine rings is 1. The van der Waals surface area contributed by atoms with Crippen LogP contribution >= 0.6 is 0 Å². The number of hydrogen-bond acceptors (Lipinski definition) is 4. The van der Waals surface area contributed by atoms with Crippen LogP contribution < -0.4 is 0 Å². The second kappa shape index (κ2) is 6.13. The third-order valence-corrected chi connectivity index (χ3v) is 3.23. The van der Waals surface area contributed by atoms with E-state index >= 15 is 0 Å². The highest BCUT2D eigenvalue weighted by Crippen LogP contribution is 2.23. The molecular weight excluding hydrogens is 278 g/mol. The maximum atomic E-state index is 11.0. The monoisotopic (exact) mass is 291 g/mol. The average Bonchev–Trinajstić information content (AvgIpc) is 2.56. The minimum atomic E-state index is -1.06. The summed E-state index contributed by atoms with van der Waals surface area (Å²) in [6.07, 6.45) is 3.55. The van der Waals surface area contributed by atoms with Crippen molar-refractivity contribution in [3.63, 3.8) is 0 Å². The van der Waals surface area contributed by atoms with Crippen LogP contribution in [0.5, 0.6) is 0 Å². The molecule has 0 saturated heterocycles. The minimum absolute atomic E-state index is 0.0119. The number of rotatable bonds is 4. The molecule has 0 fully saturated rings. The van der Waals surface area contributed by atoms with Gasteiger partial charge >= 0.3 is 5.97 Å². The molecule has 108 valence electrons. The Kier molecular flexibility index (Phi) is 3.87. The number of carboxylic acids is 1. The van der Waals surface area contributed by atoms with Gasteiger partial charge in [0.05, 0.1) is 12.1 Å². The molecule has 0 spiro atoms. The predicted octanol–water partition coefficient (Wildman–Crippen LogP) is 2.83. The zero-order valence-electron chi connectivity index (χ0n) is 11.7. The lowest BCUT2D eigenvalue weighted by Gasteiger charge is -2.08. The van der Waals surface area contributed by atoms with Crippen molar-refractivity contribution in [1.82, 2.24) is 15.0 Å². The van der Waals surface area contributed by atoms with E-state index in [-0.39, 0.29) is 5.69 Å². The van der Waals surface area contributed by atoms with Crippen LogP contribution in [0, 0.1) is 0 Å². The van der Waals surface area contributed by atoms with Crippen LogP contribution in [0.2, 0.25) is 0 Å². The molecule has 1 aromatic carbocycles. The first kappa shape index (κ1) is 13.9. The second-order valence-electron chi connectivity index (χ2n) is 4.70. The summed E-state index contributed by atoms with van der Waals surface area (Å²) in [5.41, 5.74) is 2.85. The molecule has 0 bridgehead atoms. The lowest BCUT2D eigenvalue weighted by molar-refractivity contribution is 0.0690. The molecule has 0 amide bonds. The fourth-order valence-corrected chi connectivity index (χ4v) is 2.21. The summed E-state index contributed by atoms with van der Waals surface area (Å²) in [6.45, 7) is 0. The third kappa shape index (κ3) is 2.98. The van der Waals surface area contributed by atoms with Crippen LogP contribution in [0.3, 0.4) is 0 Å². The number of aromatic nitrogens is 3. The van der Waals surface area contributed by atoms with Crippen LogP contribution in [0.15, 0.2) is 60.9 Å². The minimum Gasteiger partial charge on any atom is -0.477 e. The highest BCUT2D eigenvalue weighted by molar-refractivity contribution is 5.85.